The molecule has 6 heteroatoms. The maximum absolute atomic E-state index is 11.4. The third kappa shape index (κ3) is 3.11. The van der Waals surface area contributed by atoms with Crippen LogP contribution < -0.4 is 21.9 Å². The first-order valence-electron chi connectivity index (χ1n) is 6.19. The van der Waals surface area contributed by atoms with Crippen LogP contribution in [0.25, 0.3) is 0 Å². The van der Waals surface area contributed by atoms with Crippen molar-refractivity contribution in [2.45, 2.75) is 6.61 Å². The number of carbonyl (C=O) groups excluding carboxylic acids is 2. The molecule has 0 aliphatic carbocycles. The van der Waals surface area contributed by atoms with Crippen molar-refractivity contribution in [2.75, 3.05) is 5.73 Å². The molecule has 0 saturated heterocycles. The van der Waals surface area contributed by atoms with E-state index in [0.717, 1.165) is 0 Å². The third-order valence-corrected chi connectivity index (χ3v) is 2.97. The van der Waals surface area contributed by atoms with Gasteiger partial charge >= 0.3 is 0 Å². The van der Waals surface area contributed by atoms with Gasteiger partial charge in [-0.25, -0.2) is 0 Å². The standard InChI is InChI=1S/C15H15N3O3/c16-12-7-3-6-11(15(18)20)13(12)21-8-9-4-1-2-5-10(9)14(17)19/h1-7H,8,16H2,(H2,17,19)(H2,18,20). The third-order valence-electron chi connectivity index (χ3n) is 2.97. The van der Waals surface area contributed by atoms with Crippen molar-refractivity contribution in [3.05, 3.63) is 59.2 Å². The monoisotopic (exact) mass is 285 g/mol. The molecule has 6 N–H and O–H groups in total. The van der Waals surface area contributed by atoms with E-state index in [1.165, 1.54) is 6.07 Å². The van der Waals surface area contributed by atoms with Gasteiger partial charge in [0.15, 0.2) is 5.75 Å². The summed E-state index contributed by atoms with van der Waals surface area (Å²) in [4.78, 5) is 22.7. The predicted molar refractivity (Wildman–Crippen MR) is 78.7 cm³/mol. The molecular weight excluding hydrogens is 270 g/mol. The van der Waals surface area contributed by atoms with E-state index in [1.54, 1.807) is 36.4 Å². The second-order valence-corrected chi connectivity index (χ2v) is 4.40. The normalized spacial score (nSPS) is 10.1. The number of para-hydroxylation sites is 1. The van der Waals surface area contributed by atoms with Crippen LogP contribution in [-0.4, -0.2) is 11.8 Å². The van der Waals surface area contributed by atoms with Crippen LogP contribution in [0.3, 0.4) is 0 Å². The minimum atomic E-state index is -0.638. The zero-order valence-corrected chi connectivity index (χ0v) is 11.2. The van der Waals surface area contributed by atoms with Crippen LogP contribution in [0.2, 0.25) is 0 Å². The van der Waals surface area contributed by atoms with Gasteiger partial charge < -0.3 is 21.9 Å². The first kappa shape index (κ1) is 14.4. The minimum absolute atomic E-state index is 0.0492. The number of anilines is 1. The molecule has 0 aromatic heterocycles. The lowest BCUT2D eigenvalue weighted by Gasteiger charge is -2.13. The van der Waals surface area contributed by atoms with Crippen molar-refractivity contribution in [1.29, 1.82) is 0 Å². The number of hydrogen-bond acceptors (Lipinski definition) is 4. The Morgan fingerprint density at radius 1 is 0.905 bits per heavy atom. The van der Waals surface area contributed by atoms with Crippen LogP contribution in [0.1, 0.15) is 26.3 Å². The molecule has 0 aliphatic heterocycles. The Hall–Kier alpha value is -3.02. The van der Waals surface area contributed by atoms with Crippen LogP contribution in [0.5, 0.6) is 5.75 Å². The Morgan fingerprint density at radius 2 is 1.52 bits per heavy atom. The molecule has 0 aliphatic rings. The fourth-order valence-electron chi connectivity index (χ4n) is 1.95. The van der Waals surface area contributed by atoms with Gasteiger partial charge in [0.05, 0.1) is 11.3 Å². The van der Waals surface area contributed by atoms with Crippen molar-refractivity contribution < 1.29 is 14.3 Å². The zero-order chi connectivity index (χ0) is 15.4. The Labute approximate surface area is 121 Å². The molecule has 0 bridgehead atoms. The number of carbonyl (C=O) groups is 2. The average molecular weight is 285 g/mol. The van der Waals surface area contributed by atoms with Crippen molar-refractivity contribution in [2.24, 2.45) is 11.5 Å². The van der Waals surface area contributed by atoms with E-state index >= 15 is 0 Å². The lowest BCUT2D eigenvalue weighted by atomic mass is 10.1. The highest BCUT2D eigenvalue weighted by Gasteiger charge is 2.14. The van der Waals surface area contributed by atoms with Gasteiger partial charge in [-0.05, 0) is 18.2 Å². The van der Waals surface area contributed by atoms with Crippen molar-refractivity contribution in [3.8, 4) is 5.75 Å². The highest BCUT2D eigenvalue weighted by Crippen LogP contribution is 2.27. The summed E-state index contributed by atoms with van der Waals surface area (Å²) in [5.74, 6) is -0.991. The van der Waals surface area contributed by atoms with Crippen molar-refractivity contribution in [1.82, 2.24) is 0 Å². The molecule has 6 nitrogen and oxygen atoms in total. The summed E-state index contributed by atoms with van der Waals surface area (Å²) < 4.78 is 5.57. The summed E-state index contributed by atoms with van der Waals surface area (Å²) in [6.45, 7) is 0.0492. The number of nitrogens with two attached hydrogens (primary N) is 3. The molecule has 0 unspecified atom stereocenters. The number of amides is 2. The maximum atomic E-state index is 11.4. The van der Waals surface area contributed by atoms with Crippen LogP contribution >= 0.6 is 0 Å². The largest absolute Gasteiger partial charge is 0.486 e. The number of benzene rings is 2. The van der Waals surface area contributed by atoms with Gasteiger partial charge in [0.1, 0.15) is 6.61 Å². The second-order valence-electron chi connectivity index (χ2n) is 4.40. The van der Waals surface area contributed by atoms with Gasteiger partial charge in [-0.15, -0.1) is 0 Å². The van der Waals surface area contributed by atoms with Crippen LogP contribution in [0, 0.1) is 0 Å². The molecule has 0 fully saturated rings. The van der Waals surface area contributed by atoms with E-state index in [1.807, 2.05) is 0 Å². The Kier molecular flexibility index (Phi) is 4.08. The van der Waals surface area contributed by atoms with Gasteiger partial charge in [-0.1, -0.05) is 24.3 Å². The quantitative estimate of drug-likeness (QED) is 0.710. The molecule has 2 aromatic rings. The Bertz CT molecular complexity index is 698. The molecule has 21 heavy (non-hydrogen) atoms. The van der Waals surface area contributed by atoms with Gasteiger partial charge in [-0.3, -0.25) is 9.59 Å². The van der Waals surface area contributed by atoms with E-state index in [0.29, 0.717) is 16.8 Å². The summed E-state index contributed by atoms with van der Waals surface area (Å²) in [6.07, 6.45) is 0. The molecule has 0 heterocycles. The fraction of sp³-hybridized carbons (Fsp3) is 0.0667. The van der Waals surface area contributed by atoms with E-state index in [9.17, 15) is 9.59 Å². The predicted octanol–water partition coefficient (Wildman–Crippen LogP) is 1.05. The molecule has 0 spiro atoms. The SMILES string of the molecule is NC(=O)c1ccccc1COc1c(N)cccc1C(N)=O. The van der Waals surface area contributed by atoms with Gasteiger partial charge in [0.2, 0.25) is 5.91 Å². The lowest BCUT2D eigenvalue weighted by molar-refractivity contribution is 0.0985. The number of primary amides is 2. The summed E-state index contributed by atoms with van der Waals surface area (Å²) >= 11 is 0. The summed E-state index contributed by atoms with van der Waals surface area (Å²) in [5.41, 5.74) is 17.8. The molecule has 0 radical (unpaired) electrons. The molecule has 0 saturated carbocycles. The Balaban J connectivity index is 2.29. The zero-order valence-electron chi connectivity index (χ0n) is 11.2. The summed E-state index contributed by atoms with van der Waals surface area (Å²) in [5, 5.41) is 0. The fourth-order valence-corrected chi connectivity index (χ4v) is 1.95. The maximum Gasteiger partial charge on any atom is 0.252 e. The molecule has 0 atom stereocenters. The smallest absolute Gasteiger partial charge is 0.252 e. The van der Waals surface area contributed by atoms with Gasteiger partial charge in [-0.2, -0.15) is 0 Å². The Morgan fingerprint density at radius 3 is 2.19 bits per heavy atom. The lowest BCUT2D eigenvalue weighted by Crippen LogP contribution is -2.16. The van der Waals surface area contributed by atoms with Gasteiger partial charge in [0.25, 0.3) is 5.91 Å². The first-order chi connectivity index (χ1) is 10.0. The van der Waals surface area contributed by atoms with Gasteiger partial charge in [0, 0.05) is 11.1 Å². The molecule has 2 amide bonds. The highest BCUT2D eigenvalue weighted by atomic mass is 16.5. The van der Waals surface area contributed by atoms with Crippen LogP contribution in [0.15, 0.2) is 42.5 Å². The molecule has 108 valence electrons. The second kappa shape index (κ2) is 5.96. The first-order valence-corrected chi connectivity index (χ1v) is 6.19. The number of hydrogen-bond donors (Lipinski definition) is 3. The van der Waals surface area contributed by atoms with E-state index in [4.69, 9.17) is 21.9 Å². The summed E-state index contributed by atoms with van der Waals surface area (Å²) in [6, 6.07) is 11.5. The number of rotatable bonds is 5. The van der Waals surface area contributed by atoms with Crippen LogP contribution in [0.4, 0.5) is 5.69 Å². The number of ether oxygens (including phenoxy) is 1. The average Bonchev–Trinajstić information content (AvgIpc) is 2.45. The minimum Gasteiger partial charge on any atom is -0.486 e. The van der Waals surface area contributed by atoms with E-state index in [2.05, 4.69) is 0 Å². The van der Waals surface area contributed by atoms with E-state index < -0.39 is 11.8 Å². The molecule has 2 aromatic carbocycles. The van der Waals surface area contributed by atoms with Crippen molar-refractivity contribution in [3.63, 3.8) is 0 Å². The number of nitrogen functional groups attached to an aromatic ring is 1. The topological polar surface area (TPSA) is 121 Å². The van der Waals surface area contributed by atoms with Crippen LogP contribution in [-0.2, 0) is 6.61 Å². The van der Waals surface area contributed by atoms with E-state index in [-0.39, 0.29) is 17.9 Å². The summed E-state index contributed by atoms with van der Waals surface area (Å²) in [7, 11) is 0. The molecule has 2 rings (SSSR count). The van der Waals surface area contributed by atoms with Crippen molar-refractivity contribution >= 4 is 17.5 Å². The molecular formula is C15H15N3O3. The highest BCUT2D eigenvalue weighted by molar-refractivity contribution is 5.97.